The first-order valence-corrected chi connectivity index (χ1v) is 5.76. The zero-order valence-corrected chi connectivity index (χ0v) is 9.95. The Morgan fingerprint density at radius 3 is 2.87 bits per heavy atom. The molecular weight excluding hydrogens is 190 g/mol. The van der Waals surface area contributed by atoms with E-state index in [4.69, 9.17) is 4.74 Å². The highest BCUT2D eigenvalue weighted by atomic mass is 16.5. The van der Waals surface area contributed by atoms with Crippen LogP contribution in [0.2, 0.25) is 0 Å². The number of amides is 1. The van der Waals surface area contributed by atoms with Gasteiger partial charge >= 0.3 is 0 Å². The first kappa shape index (κ1) is 12.2. The Morgan fingerprint density at radius 2 is 2.27 bits per heavy atom. The zero-order chi connectivity index (χ0) is 11.3. The molecule has 0 aromatic carbocycles. The summed E-state index contributed by atoms with van der Waals surface area (Å²) in [7, 11) is 0. The third-order valence-electron chi connectivity index (χ3n) is 2.73. The Balaban J connectivity index is 2.56. The summed E-state index contributed by atoms with van der Waals surface area (Å²) in [4.78, 5) is 13.9. The normalized spacial score (nSPS) is 23.0. The van der Waals surface area contributed by atoms with Crippen molar-refractivity contribution in [3.63, 3.8) is 0 Å². The summed E-state index contributed by atoms with van der Waals surface area (Å²) < 4.78 is 5.53. The van der Waals surface area contributed by atoms with E-state index in [-0.39, 0.29) is 12.0 Å². The van der Waals surface area contributed by atoms with E-state index in [0.717, 1.165) is 31.5 Å². The van der Waals surface area contributed by atoms with Crippen LogP contribution in [0.15, 0.2) is 11.6 Å². The molecule has 0 N–H and O–H groups in total. The van der Waals surface area contributed by atoms with Gasteiger partial charge in [-0.25, -0.2) is 0 Å². The molecule has 0 aromatic heterocycles. The van der Waals surface area contributed by atoms with Crippen molar-refractivity contribution in [3.05, 3.63) is 11.6 Å². The van der Waals surface area contributed by atoms with Crippen molar-refractivity contribution in [2.24, 2.45) is 0 Å². The van der Waals surface area contributed by atoms with Gasteiger partial charge in [-0.15, -0.1) is 0 Å². The molecule has 1 unspecified atom stereocenters. The maximum atomic E-state index is 12.0. The average Bonchev–Trinajstić information content (AvgIpc) is 2.28. The Kier molecular flexibility index (Phi) is 4.82. The number of morpholine rings is 1. The highest BCUT2D eigenvalue weighted by molar-refractivity contribution is 5.92. The van der Waals surface area contributed by atoms with Gasteiger partial charge < -0.3 is 9.64 Å². The highest BCUT2D eigenvalue weighted by Crippen LogP contribution is 2.11. The van der Waals surface area contributed by atoms with Crippen LogP contribution in [0.25, 0.3) is 0 Å². The predicted octanol–water partition coefficient (Wildman–Crippen LogP) is 1.98. The summed E-state index contributed by atoms with van der Waals surface area (Å²) in [5, 5.41) is 0. The Hall–Kier alpha value is -0.830. The molecular formula is C12H21NO2. The van der Waals surface area contributed by atoms with Gasteiger partial charge in [0.2, 0.25) is 5.91 Å². The van der Waals surface area contributed by atoms with Crippen molar-refractivity contribution in [2.45, 2.75) is 39.7 Å². The van der Waals surface area contributed by atoms with Gasteiger partial charge in [-0.2, -0.15) is 0 Å². The fourth-order valence-corrected chi connectivity index (χ4v) is 1.79. The van der Waals surface area contributed by atoms with E-state index in [1.807, 2.05) is 24.8 Å². The molecule has 1 heterocycles. The minimum atomic E-state index is 0.165. The predicted molar refractivity (Wildman–Crippen MR) is 60.7 cm³/mol. The molecule has 0 radical (unpaired) electrons. The van der Waals surface area contributed by atoms with E-state index >= 15 is 0 Å². The molecule has 0 saturated carbocycles. The van der Waals surface area contributed by atoms with Crippen LogP contribution in [0, 0.1) is 0 Å². The number of carbonyl (C=O) groups is 1. The quantitative estimate of drug-likeness (QED) is 0.668. The van der Waals surface area contributed by atoms with Gasteiger partial charge in [0.05, 0.1) is 12.7 Å². The fraction of sp³-hybridized carbons (Fsp3) is 0.750. The number of nitrogens with zero attached hydrogens (tertiary/aromatic N) is 1. The van der Waals surface area contributed by atoms with E-state index < -0.39 is 0 Å². The molecule has 1 fully saturated rings. The van der Waals surface area contributed by atoms with Gasteiger partial charge in [0, 0.05) is 18.7 Å². The van der Waals surface area contributed by atoms with Crippen molar-refractivity contribution < 1.29 is 9.53 Å². The zero-order valence-electron chi connectivity index (χ0n) is 9.95. The molecule has 3 heteroatoms. The molecule has 1 aliphatic heterocycles. The monoisotopic (exact) mass is 211 g/mol. The lowest BCUT2D eigenvalue weighted by atomic mass is 10.1. The van der Waals surface area contributed by atoms with E-state index in [2.05, 4.69) is 6.92 Å². The lowest BCUT2D eigenvalue weighted by Crippen LogP contribution is -2.45. The SMILES string of the molecule is CCC=C(C)C(=O)N1CCOC(CC)C1. The van der Waals surface area contributed by atoms with Crippen LogP contribution in [0.1, 0.15) is 33.6 Å². The molecule has 1 amide bonds. The Labute approximate surface area is 92.1 Å². The number of hydrogen-bond acceptors (Lipinski definition) is 2. The number of carbonyl (C=O) groups excluding carboxylic acids is 1. The van der Waals surface area contributed by atoms with E-state index in [9.17, 15) is 4.79 Å². The van der Waals surface area contributed by atoms with Gasteiger partial charge in [-0.05, 0) is 19.8 Å². The van der Waals surface area contributed by atoms with Crippen LogP contribution in [-0.2, 0) is 9.53 Å². The Morgan fingerprint density at radius 1 is 1.53 bits per heavy atom. The molecule has 1 aliphatic rings. The lowest BCUT2D eigenvalue weighted by Gasteiger charge is -2.32. The summed E-state index contributed by atoms with van der Waals surface area (Å²) in [5.41, 5.74) is 0.856. The highest BCUT2D eigenvalue weighted by Gasteiger charge is 2.23. The van der Waals surface area contributed by atoms with Crippen LogP contribution in [-0.4, -0.2) is 36.6 Å². The molecule has 0 bridgehead atoms. The van der Waals surface area contributed by atoms with E-state index in [0.29, 0.717) is 6.61 Å². The first-order valence-electron chi connectivity index (χ1n) is 5.76. The standard InChI is InChI=1S/C12H21NO2/c1-4-6-10(3)12(14)13-7-8-15-11(5-2)9-13/h6,11H,4-5,7-9H2,1-3H3. The third kappa shape index (κ3) is 3.34. The van der Waals surface area contributed by atoms with Gasteiger partial charge in [0.1, 0.15) is 0 Å². The Bertz CT molecular complexity index is 248. The molecule has 0 aliphatic carbocycles. The van der Waals surface area contributed by atoms with E-state index in [1.54, 1.807) is 0 Å². The topological polar surface area (TPSA) is 29.5 Å². The van der Waals surface area contributed by atoms with Crippen molar-refractivity contribution in [1.82, 2.24) is 4.90 Å². The van der Waals surface area contributed by atoms with Crippen molar-refractivity contribution in [3.8, 4) is 0 Å². The molecule has 15 heavy (non-hydrogen) atoms. The smallest absolute Gasteiger partial charge is 0.249 e. The van der Waals surface area contributed by atoms with Gasteiger partial charge in [-0.3, -0.25) is 4.79 Å². The van der Waals surface area contributed by atoms with Gasteiger partial charge in [0.25, 0.3) is 0 Å². The number of rotatable bonds is 3. The molecule has 1 saturated heterocycles. The second-order valence-electron chi connectivity index (χ2n) is 3.95. The first-order chi connectivity index (χ1) is 7.19. The minimum absolute atomic E-state index is 0.165. The van der Waals surface area contributed by atoms with E-state index in [1.165, 1.54) is 0 Å². The summed E-state index contributed by atoms with van der Waals surface area (Å²) >= 11 is 0. The molecule has 1 rings (SSSR count). The van der Waals surface area contributed by atoms with Crippen molar-refractivity contribution in [2.75, 3.05) is 19.7 Å². The fourth-order valence-electron chi connectivity index (χ4n) is 1.79. The number of ether oxygens (including phenoxy) is 1. The largest absolute Gasteiger partial charge is 0.375 e. The molecule has 0 aromatic rings. The summed E-state index contributed by atoms with van der Waals surface area (Å²) in [6, 6.07) is 0. The second kappa shape index (κ2) is 5.91. The maximum Gasteiger partial charge on any atom is 0.249 e. The van der Waals surface area contributed by atoms with Gasteiger partial charge in [0.15, 0.2) is 0 Å². The lowest BCUT2D eigenvalue weighted by molar-refractivity contribution is -0.134. The minimum Gasteiger partial charge on any atom is -0.375 e. The summed E-state index contributed by atoms with van der Waals surface area (Å²) in [6.45, 7) is 8.17. The number of allylic oxidation sites excluding steroid dienone is 1. The second-order valence-corrected chi connectivity index (χ2v) is 3.95. The molecule has 3 nitrogen and oxygen atoms in total. The van der Waals surface area contributed by atoms with Crippen LogP contribution in [0.5, 0.6) is 0 Å². The van der Waals surface area contributed by atoms with Crippen molar-refractivity contribution >= 4 is 5.91 Å². The summed E-state index contributed by atoms with van der Waals surface area (Å²) in [6.07, 6.45) is 4.09. The van der Waals surface area contributed by atoms with Crippen molar-refractivity contribution in [1.29, 1.82) is 0 Å². The van der Waals surface area contributed by atoms with Crippen LogP contribution < -0.4 is 0 Å². The average molecular weight is 211 g/mol. The molecule has 86 valence electrons. The van der Waals surface area contributed by atoms with Gasteiger partial charge in [-0.1, -0.05) is 19.9 Å². The molecule has 1 atom stereocenters. The van der Waals surface area contributed by atoms with Crippen LogP contribution in [0.4, 0.5) is 0 Å². The van der Waals surface area contributed by atoms with Crippen LogP contribution in [0.3, 0.4) is 0 Å². The number of hydrogen-bond donors (Lipinski definition) is 0. The third-order valence-corrected chi connectivity index (χ3v) is 2.73. The maximum absolute atomic E-state index is 12.0. The molecule has 0 spiro atoms. The van der Waals surface area contributed by atoms with Crippen LogP contribution >= 0.6 is 0 Å². The summed E-state index contributed by atoms with van der Waals surface area (Å²) in [5.74, 6) is 0.165.